The van der Waals surface area contributed by atoms with Crippen molar-refractivity contribution in [1.82, 2.24) is 10.2 Å². The molecule has 0 unspecified atom stereocenters. The zero-order chi connectivity index (χ0) is 16.1. The van der Waals surface area contributed by atoms with Crippen molar-refractivity contribution in [2.75, 3.05) is 26.7 Å². The second kappa shape index (κ2) is 7.58. The highest BCUT2D eigenvalue weighted by Gasteiger charge is 2.22. The van der Waals surface area contributed by atoms with Crippen LogP contribution < -0.4 is 10.1 Å². The summed E-state index contributed by atoms with van der Waals surface area (Å²) in [5.41, 5.74) is 0.463. The van der Waals surface area contributed by atoms with Crippen molar-refractivity contribution < 1.29 is 13.9 Å². The highest BCUT2D eigenvalue weighted by Crippen LogP contribution is 2.27. The Hall–Kier alpha value is -1.62. The van der Waals surface area contributed by atoms with E-state index < -0.39 is 0 Å². The van der Waals surface area contributed by atoms with Gasteiger partial charge in [-0.15, -0.1) is 0 Å². The highest BCUT2D eigenvalue weighted by atomic mass is 19.1. The molecule has 0 aromatic heterocycles. The molecule has 5 heteroatoms. The number of methoxy groups -OCH3 is 1. The van der Waals surface area contributed by atoms with E-state index >= 15 is 0 Å². The molecule has 1 aliphatic heterocycles. The monoisotopic (exact) mass is 308 g/mol. The van der Waals surface area contributed by atoms with Gasteiger partial charge in [0, 0.05) is 24.7 Å². The average molecular weight is 308 g/mol. The molecular weight excluding hydrogens is 283 g/mol. The molecule has 0 saturated carbocycles. The van der Waals surface area contributed by atoms with Gasteiger partial charge in [0.05, 0.1) is 13.7 Å². The molecule has 1 fully saturated rings. The molecule has 1 amide bonds. The van der Waals surface area contributed by atoms with Crippen molar-refractivity contribution in [3.63, 3.8) is 0 Å². The van der Waals surface area contributed by atoms with Gasteiger partial charge in [-0.3, -0.25) is 4.79 Å². The number of piperidine rings is 1. The van der Waals surface area contributed by atoms with Gasteiger partial charge in [-0.25, -0.2) is 4.39 Å². The zero-order valence-corrected chi connectivity index (χ0v) is 13.6. The van der Waals surface area contributed by atoms with Crippen LogP contribution in [0.25, 0.3) is 0 Å². The van der Waals surface area contributed by atoms with Crippen molar-refractivity contribution in [1.29, 1.82) is 0 Å². The number of nitrogens with one attached hydrogen (secondary N) is 1. The van der Waals surface area contributed by atoms with Crippen molar-refractivity contribution in [2.45, 2.75) is 32.7 Å². The summed E-state index contributed by atoms with van der Waals surface area (Å²) in [7, 11) is 1.52. The average Bonchev–Trinajstić information content (AvgIpc) is 2.51. The number of carbonyl (C=O) groups excluding carboxylic acids is 1. The van der Waals surface area contributed by atoms with E-state index in [2.05, 4.69) is 12.2 Å². The van der Waals surface area contributed by atoms with Gasteiger partial charge in [-0.1, -0.05) is 13.0 Å². The summed E-state index contributed by atoms with van der Waals surface area (Å²) >= 11 is 0. The summed E-state index contributed by atoms with van der Waals surface area (Å²) in [4.78, 5) is 14.2. The Morgan fingerprint density at radius 3 is 3.00 bits per heavy atom. The van der Waals surface area contributed by atoms with Gasteiger partial charge in [-0.05, 0) is 37.8 Å². The molecule has 1 saturated heterocycles. The predicted molar refractivity (Wildman–Crippen MR) is 84.3 cm³/mol. The minimum Gasteiger partial charge on any atom is -0.496 e. The van der Waals surface area contributed by atoms with Crippen LogP contribution in [0.15, 0.2) is 18.2 Å². The number of nitrogens with zero attached hydrogens (tertiary/aromatic N) is 1. The van der Waals surface area contributed by atoms with E-state index in [9.17, 15) is 9.18 Å². The molecular formula is C17H25FN2O2. The summed E-state index contributed by atoms with van der Waals surface area (Å²) in [6, 6.07) is 4.46. The molecule has 0 bridgehead atoms. The van der Waals surface area contributed by atoms with Crippen LogP contribution in [-0.2, 0) is 4.79 Å². The van der Waals surface area contributed by atoms with E-state index in [1.165, 1.54) is 19.6 Å². The van der Waals surface area contributed by atoms with E-state index in [0.717, 1.165) is 19.5 Å². The van der Waals surface area contributed by atoms with E-state index in [0.29, 0.717) is 17.2 Å². The molecule has 1 N–H and O–H groups in total. The van der Waals surface area contributed by atoms with Gasteiger partial charge in [-0.2, -0.15) is 0 Å². The van der Waals surface area contributed by atoms with Crippen molar-refractivity contribution in [2.24, 2.45) is 5.92 Å². The highest BCUT2D eigenvalue weighted by molar-refractivity contribution is 5.78. The lowest BCUT2D eigenvalue weighted by Crippen LogP contribution is -2.43. The van der Waals surface area contributed by atoms with Crippen LogP contribution in [-0.4, -0.2) is 37.6 Å². The summed E-state index contributed by atoms with van der Waals surface area (Å²) in [5.74, 6) is 0.813. The van der Waals surface area contributed by atoms with Gasteiger partial charge < -0.3 is 15.0 Å². The van der Waals surface area contributed by atoms with Gasteiger partial charge >= 0.3 is 0 Å². The molecule has 0 aliphatic carbocycles. The van der Waals surface area contributed by atoms with Crippen molar-refractivity contribution >= 4 is 5.91 Å². The predicted octanol–water partition coefficient (Wildman–Crippen LogP) is 2.74. The fraction of sp³-hybridized carbons (Fsp3) is 0.588. The number of ether oxygens (including phenoxy) is 1. The normalized spacial score (nSPS) is 19.8. The maximum atomic E-state index is 14.0. The third kappa shape index (κ3) is 3.97. The van der Waals surface area contributed by atoms with Crippen molar-refractivity contribution in [3.05, 3.63) is 29.6 Å². The Labute approximate surface area is 131 Å². The maximum absolute atomic E-state index is 14.0. The lowest BCUT2D eigenvalue weighted by atomic mass is 10.0. The fourth-order valence-electron chi connectivity index (χ4n) is 2.99. The Balaban J connectivity index is 1.95. The van der Waals surface area contributed by atoms with Gasteiger partial charge in [0.25, 0.3) is 0 Å². The van der Waals surface area contributed by atoms with Crippen molar-refractivity contribution in [3.8, 4) is 5.75 Å². The second-order valence-corrected chi connectivity index (χ2v) is 6.05. The fourth-order valence-corrected chi connectivity index (χ4v) is 2.99. The van der Waals surface area contributed by atoms with Gasteiger partial charge in [0.15, 0.2) is 0 Å². The van der Waals surface area contributed by atoms with Crippen LogP contribution in [0.3, 0.4) is 0 Å². The van der Waals surface area contributed by atoms with Gasteiger partial charge in [0.1, 0.15) is 11.6 Å². The smallest absolute Gasteiger partial charge is 0.236 e. The number of carbonyl (C=O) groups is 1. The molecule has 0 spiro atoms. The minimum absolute atomic E-state index is 0.0775. The maximum Gasteiger partial charge on any atom is 0.236 e. The van der Waals surface area contributed by atoms with E-state index in [4.69, 9.17) is 4.74 Å². The Morgan fingerprint density at radius 1 is 1.55 bits per heavy atom. The number of amides is 1. The first kappa shape index (κ1) is 16.7. The molecule has 2 atom stereocenters. The lowest BCUT2D eigenvalue weighted by Gasteiger charge is -2.31. The third-order valence-electron chi connectivity index (χ3n) is 4.24. The van der Waals surface area contributed by atoms with E-state index in [-0.39, 0.29) is 24.3 Å². The molecule has 1 heterocycles. The molecule has 1 aromatic rings. The molecule has 4 nitrogen and oxygen atoms in total. The van der Waals surface area contributed by atoms with Crippen LogP contribution in [0.5, 0.6) is 5.75 Å². The van der Waals surface area contributed by atoms with Gasteiger partial charge in [0.2, 0.25) is 5.91 Å². The second-order valence-electron chi connectivity index (χ2n) is 6.05. The first-order valence-corrected chi connectivity index (χ1v) is 7.86. The SMILES string of the molecule is COc1cccc(F)c1[C@@H](C)NCC(=O)N1CCC[C@@H](C)C1. The standard InChI is InChI=1S/C17H25FN2O2/c1-12-6-5-9-20(11-12)16(21)10-19-13(2)17-14(18)7-4-8-15(17)22-3/h4,7-8,12-13,19H,5-6,9-11H2,1-3H3/t12-,13-/m1/s1. The molecule has 22 heavy (non-hydrogen) atoms. The van der Waals surface area contributed by atoms with E-state index in [1.54, 1.807) is 12.1 Å². The number of benzene rings is 1. The summed E-state index contributed by atoms with van der Waals surface area (Å²) in [6.45, 7) is 5.86. The molecule has 0 radical (unpaired) electrons. The number of hydrogen-bond acceptors (Lipinski definition) is 3. The Morgan fingerprint density at radius 2 is 2.32 bits per heavy atom. The zero-order valence-electron chi connectivity index (χ0n) is 13.6. The summed E-state index contributed by atoms with van der Waals surface area (Å²) < 4.78 is 19.2. The van der Waals surface area contributed by atoms with Crippen LogP contribution >= 0.6 is 0 Å². The molecule has 2 rings (SSSR count). The quantitative estimate of drug-likeness (QED) is 0.909. The summed E-state index contributed by atoms with van der Waals surface area (Å²) in [5, 5.41) is 3.12. The largest absolute Gasteiger partial charge is 0.496 e. The number of rotatable bonds is 5. The number of hydrogen-bond donors (Lipinski definition) is 1. The first-order chi connectivity index (χ1) is 10.5. The molecule has 122 valence electrons. The topological polar surface area (TPSA) is 41.6 Å². The number of halogens is 1. The van der Waals surface area contributed by atoms with Crippen LogP contribution in [0.1, 0.15) is 38.3 Å². The third-order valence-corrected chi connectivity index (χ3v) is 4.24. The first-order valence-electron chi connectivity index (χ1n) is 7.86. The molecule has 1 aliphatic rings. The Bertz CT molecular complexity index is 521. The molecule has 1 aromatic carbocycles. The van der Waals surface area contributed by atoms with Crippen LogP contribution in [0.2, 0.25) is 0 Å². The lowest BCUT2D eigenvalue weighted by molar-refractivity contribution is -0.132. The van der Waals surface area contributed by atoms with Crippen LogP contribution in [0, 0.1) is 11.7 Å². The minimum atomic E-state index is -0.321. The Kier molecular flexibility index (Phi) is 5.77. The van der Waals surface area contributed by atoms with E-state index in [1.807, 2.05) is 11.8 Å². The number of likely N-dealkylation sites (tertiary alicyclic amines) is 1. The summed E-state index contributed by atoms with van der Waals surface area (Å²) in [6.07, 6.45) is 2.24. The van der Waals surface area contributed by atoms with Crippen LogP contribution in [0.4, 0.5) is 4.39 Å².